The molecular weight excluding hydrogens is 234 g/mol. The van der Waals surface area contributed by atoms with Gasteiger partial charge in [0.05, 0.1) is 0 Å². The molecule has 6 heteroatoms. The second-order valence-corrected chi connectivity index (χ2v) is 5.13. The lowest BCUT2D eigenvalue weighted by molar-refractivity contribution is -0.139. The van der Waals surface area contributed by atoms with Gasteiger partial charge in [-0.2, -0.15) is 0 Å². The van der Waals surface area contributed by atoms with Gasteiger partial charge in [0, 0.05) is 25.2 Å². The van der Waals surface area contributed by atoms with Gasteiger partial charge in [-0.05, 0) is 25.7 Å². The van der Waals surface area contributed by atoms with Gasteiger partial charge in [-0.15, -0.1) is 0 Å². The average Bonchev–Trinajstić information content (AvgIpc) is 3.07. The van der Waals surface area contributed by atoms with Gasteiger partial charge < -0.3 is 15.7 Å². The minimum atomic E-state index is -0.987. The van der Waals surface area contributed by atoms with E-state index in [9.17, 15) is 9.59 Å². The molecule has 0 aromatic carbocycles. The molecule has 3 N–H and O–H groups in total. The molecule has 2 fully saturated rings. The highest BCUT2D eigenvalue weighted by Gasteiger charge is 2.34. The van der Waals surface area contributed by atoms with Gasteiger partial charge >= 0.3 is 12.0 Å². The number of aliphatic carboxylic acids is 1. The van der Waals surface area contributed by atoms with Crippen LogP contribution in [0.15, 0.2) is 0 Å². The second kappa shape index (κ2) is 5.56. The van der Waals surface area contributed by atoms with E-state index in [4.69, 9.17) is 5.11 Å². The van der Waals surface area contributed by atoms with Crippen LogP contribution in [-0.2, 0) is 4.79 Å². The number of urea groups is 1. The van der Waals surface area contributed by atoms with E-state index in [0.29, 0.717) is 6.42 Å². The van der Waals surface area contributed by atoms with Crippen LogP contribution < -0.4 is 10.6 Å². The number of likely N-dealkylation sites (tertiary alicyclic amines) is 1. The molecule has 0 aromatic heterocycles. The minimum absolute atomic E-state index is 0.150. The Hall–Kier alpha value is -1.30. The number of carbonyl (C=O) groups is 2. The van der Waals surface area contributed by atoms with Crippen LogP contribution in [0.1, 0.15) is 32.6 Å². The van der Waals surface area contributed by atoms with Gasteiger partial charge in [0.15, 0.2) is 0 Å². The molecule has 6 nitrogen and oxygen atoms in total. The number of hydrogen-bond acceptors (Lipinski definition) is 3. The van der Waals surface area contributed by atoms with Crippen molar-refractivity contribution < 1.29 is 14.7 Å². The van der Waals surface area contributed by atoms with Crippen LogP contribution in [0.5, 0.6) is 0 Å². The molecule has 0 radical (unpaired) electrons. The van der Waals surface area contributed by atoms with Crippen molar-refractivity contribution in [1.29, 1.82) is 0 Å². The molecule has 2 amide bonds. The number of hydrogen-bond donors (Lipinski definition) is 3. The third-order valence-electron chi connectivity index (χ3n) is 3.63. The predicted octanol–water partition coefficient (Wildman–Crippen LogP) is 0.385. The molecule has 2 aliphatic rings. The lowest BCUT2D eigenvalue weighted by Crippen LogP contribution is -2.49. The van der Waals surface area contributed by atoms with Gasteiger partial charge in [0.1, 0.15) is 6.04 Å². The maximum Gasteiger partial charge on any atom is 0.326 e. The Balaban J connectivity index is 1.72. The average molecular weight is 255 g/mol. The first kappa shape index (κ1) is 13.1. The molecule has 1 saturated carbocycles. The molecule has 1 aliphatic heterocycles. The smallest absolute Gasteiger partial charge is 0.326 e. The molecule has 0 spiro atoms. The zero-order valence-electron chi connectivity index (χ0n) is 10.7. The lowest BCUT2D eigenvalue weighted by Gasteiger charge is -2.18. The number of carbonyl (C=O) groups excluding carboxylic acids is 1. The maximum absolute atomic E-state index is 11.7. The van der Waals surface area contributed by atoms with Crippen LogP contribution in [-0.4, -0.2) is 53.2 Å². The molecule has 2 unspecified atom stereocenters. The first-order valence-corrected chi connectivity index (χ1v) is 6.64. The van der Waals surface area contributed by atoms with E-state index in [-0.39, 0.29) is 12.1 Å². The molecule has 0 bridgehead atoms. The Morgan fingerprint density at radius 2 is 2.11 bits per heavy atom. The molecule has 2 rings (SSSR count). The number of rotatable bonds is 5. The Labute approximate surface area is 107 Å². The normalized spacial score (nSPS) is 25.7. The van der Waals surface area contributed by atoms with Crippen molar-refractivity contribution >= 4 is 12.0 Å². The van der Waals surface area contributed by atoms with E-state index in [1.807, 2.05) is 0 Å². The van der Waals surface area contributed by atoms with Crippen LogP contribution in [0.3, 0.4) is 0 Å². The van der Waals surface area contributed by atoms with E-state index in [0.717, 1.165) is 25.6 Å². The van der Waals surface area contributed by atoms with Crippen molar-refractivity contribution in [3.8, 4) is 0 Å². The first-order valence-electron chi connectivity index (χ1n) is 6.64. The summed E-state index contributed by atoms with van der Waals surface area (Å²) in [6, 6.07) is -0.294. The van der Waals surface area contributed by atoms with E-state index in [2.05, 4.69) is 15.5 Å². The summed E-state index contributed by atoms with van der Waals surface area (Å²) in [7, 11) is 0. The molecule has 1 heterocycles. The summed E-state index contributed by atoms with van der Waals surface area (Å²) in [6.45, 7) is 3.66. The van der Waals surface area contributed by atoms with Crippen molar-refractivity contribution in [2.24, 2.45) is 0 Å². The van der Waals surface area contributed by atoms with Gasteiger partial charge in [0.2, 0.25) is 0 Å². The number of carboxylic acids is 1. The van der Waals surface area contributed by atoms with Gasteiger partial charge in [-0.3, -0.25) is 4.90 Å². The number of carboxylic acid groups (broad SMARTS) is 1. The third-order valence-corrected chi connectivity index (χ3v) is 3.63. The van der Waals surface area contributed by atoms with E-state index < -0.39 is 12.0 Å². The fourth-order valence-electron chi connectivity index (χ4n) is 2.40. The highest BCUT2D eigenvalue weighted by atomic mass is 16.4. The molecule has 0 aromatic rings. The maximum atomic E-state index is 11.7. The van der Waals surface area contributed by atoms with E-state index in [1.54, 1.807) is 6.92 Å². The Morgan fingerprint density at radius 1 is 1.39 bits per heavy atom. The lowest BCUT2D eigenvalue weighted by atomic mass is 10.2. The summed E-state index contributed by atoms with van der Waals surface area (Å²) in [6.07, 6.45) is 3.89. The summed E-state index contributed by atoms with van der Waals surface area (Å²) >= 11 is 0. The topological polar surface area (TPSA) is 81.7 Å². The SMILES string of the molecule is CCC(NC(=O)NC1CCN(C2CC2)C1)C(=O)O. The second-order valence-electron chi connectivity index (χ2n) is 5.13. The number of amides is 2. The summed E-state index contributed by atoms with van der Waals surface area (Å²) in [5.74, 6) is -0.987. The molecule has 2 atom stereocenters. The van der Waals surface area contributed by atoms with Crippen LogP contribution in [0.25, 0.3) is 0 Å². The van der Waals surface area contributed by atoms with Gasteiger partial charge in [-0.1, -0.05) is 6.92 Å². The number of nitrogens with one attached hydrogen (secondary N) is 2. The fraction of sp³-hybridized carbons (Fsp3) is 0.833. The number of nitrogens with zero attached hydrogens (tertiary/aromatic N) is 1. The summed E-state index contributed by atoms with van der Waals surface area (Å²) in [5, 5.41) is 14.2. The van der Waals surface area contributed by atoms with Gasteiger partial charge in [-0.25, -0.2) is 9.59 Å². The van der Waals surface area contributed by atoms with Gasteiger partial charge in [0.25, 0.3) is 0 Å². The van der Waals surface area contributed by atoms with E-state index >= 15 is 0 Å². The van der Waals surface area contributed by atoms with E-state index in [1.165, 1.54) is 12.8 Å². The van der Waals surface area contributed by atoms with Crippen LogP contribution in [0.4, 0.5) is 4.79 Å². The van der Waals surface area contributed by atoms with Crippen LogP contribution in [0.2, 0.25) is 0 Å². The zero-order chi connectivity index (χ0) is 13.1. The highest BCUT2D eigenvalue weighted by Crippen LogP contribution is 2.29. The van der Waals surface area contributed by atoms with Crippen molar-refractivity contribution in [2.45, 2.75) is 50.7 Å². The Bertz CT molecular complexity index is 331. The molecule has 1 saturated heterocycles. The molecule has 102 valence electrons. The third kappa shape index (κ3) is 3.35. The fourth-order valence-corrected chi connectivity index (χ4v) is 2.40. The standard InChI is InChI=1S/C12H21N3O3/c1-2-10(11(16)17)14-12(18)13-8-5-6-15(7-8)9-3-4-9/h8-10H,2-7H2,1H3,(H,16,17)(H2,13,14,18). The predicted molar refractivity (Wildman–Crippen MR) is 66.4 cm³/mol. The Morgan fingerprint density at radius 3 is 2.67 bits per heavy atom. The van der Waals surface area contributed by atoms with Crippen molar-refractivity contribution in [1.82, 2.24) is 15.5 Å². The van der Waals surface area contributed by atoms with Crippen molar-refractivity contribution in [3.63, 3.8) is 0 Å². The van der Waals surface area contributed by atoms with Crippen LogP contribution in [0, 0.1) is 0 Å². The molecular formula is C12H21N3O3. The first-order chi connectivity index (χ1) is 8.60. The quantitative estimate of drug-likeness (QED) is 0.663. The van der Waals surface area contributed by atoms with Crippen molar-refractivity contribution in [3.05, 3.63) is 0 Å². The zero-order valence-corrected chi connectivity index (χ0v) is 10.7. The highest BCUT2D eigenvalue weighted by molar-refractivity contribution is 5.82. The molecule has 1 aliphatic carbocycles. The minimum Gasteiger partial charge on any atom is -0.480 e. The van der Waals surface area contributed by atoms with Crippen molar-refractivity contribution in [2.75, 3.05) is 13.1 Å². The summed E-state index contributed by atoms with van der Waals surface area (Å²) in [4.78, 5) is 24.9. The van der Waals surface area contributed by atoms with Crippen LogP contribution >= 0.6 is 0 Å². The Kier molecular flexibility index (Phi) is 4.06. The summed E-state index contributed by atoms with van der Waals surface area (Å²) in [5.41, 5.74) is 0. The molecule has 18 heavy (non-hydrogen) atoms. The monoisotopic (exact) mass is 255 g/mol. The largest absolute Gasteiger partial charge is 0.480 e. The summed E-state index contributed by atoms with van der Waals surface area (Å²) < 4.78 is 0.